The van der Waals surface area contributed by atoms with Crippen molar-refractivity contribution in [3.63, 3.8) is 0 Å². The lowest BCUT2D eigenvalue weighted by molar-refractivity contribution is -0.127. The fraction of sp³-hybridized carbons (Fsp3) is 0.182. The number of hydroxylamine groups is 2. The van der Waals surface area contributed by atoms with E-state index < -0.39 is 23.8 Å². The van der Waals surface area contributed by atoms with Gasteiger partial charge in [-0.05, 0) is 12.1 Å². The third kappa shape index (κ3) is 1.96. The molecule has 7 nitrogen and oxygen atoms in total. The Morgan fingerprint density at radius 1 is 1.22 bits per heavy atom. The fourth-order valence-electron chi connectivity index (χ4n) is 1.52. The molecule has 1 heterocycles. The molecule has 1 aromatic carbocycles. The van der Waals surface area contributed by atoms with E-state index in [1.807, 2.05) is 0 Å². The minimum Gasteiger partial charge on any atom is -0.368 e. The molecule has 1 aliphatic heterocycles. The van der Waals surface area contributed by atoms with Gasteiger partial charge in [0.1, 0.15) is 6.04 Å². The number of hydrogen-bond acceptors (Lipinski definition) is 5. The van der Waals surface area contributed by atoms with Gasteiger partial charge in [0, 0.05) is 0 Å². The topological polar surface area (TPSA) is 116 Å². The highest BCUT2D eigenvalue weighted by Crippen LogP contribution is 2.22. The summed E-state index contributed by atoms with van der Waals surface area (Å²) in [4.78, 5) is 39.3. The van der Waals surface area contributed by atoms with Gasteiger partial charge < -0.3 is 11.5 Å². The Labute approximate surface area is 102 Å². The van der Waals surface area contributed by atoms with E-state index in [1.54, 1.807) is 12.1 Å². The lowest BCUT2D eigenvalue weighted by atomic mass is 10.1. The molecule has 1 aromatic rings. The second-order valence-corrected chi connectivity index (χ2v) is 3.75. The van der Waals surface area contributed by atoms with Crippen molar-refractivity contribution in [2.24, 2.45) is 11.5 Å². The molecule has 0 aromatic heterocycles. The zero-order valence-corrected chi connectivity index (χ0v) is 9.33. The number of primary amides is 1. The summed E-state index contributed by atoms with van der Waals surface area (Å²) in [6.07, 6.45) is 0. The number of nitrogens with two attached hydrogens (primary N) is 2. The predicted octanol–water partition coefficient (Wildman–Crippen LogP) is -0.973. The van der Waals surface area contributed by atoms with E-state index in [0.29, 0.717) is 5.06 Å². The van der Waals surface area contributed by atoms with Crippen LogP contribution in [0, 0.1) is 0 Å². The van der Waals surface area contributed by atoms with E-state index >= 15 is 0 Å². The molecule has 1 atom stereocenters. The van der Waals surface area contributed by atoms with Crippen LogP contribution in [0.1, 0.15) is 20.7 Å². The van der Waals surface area contributed by atoms with Crippen molar-refractivity contribution in [3.8, 4) is 0 Å². The molecule has 2 rings (SSSR count). The first-order valence-corrected chi connectivity index (χ1v) is 5.18. The molecule has 0 saturated carbocycles. The number of benzene rings is 1. The third-order valence-electron chi connectivity index (χ3n) is 2.51. The van der Waals surface area contributed by atoms with Crippen LogP contribution in [0.5, 0.6) is 0 Å². The minimum atomic E-state index is -1.07. The van der Waals surface area contributed by atoms with Gasteiger partial charge in [-0.15, -0.1) is 5.06 Å². The van der Waals surface area contributed by atoms with Crippen LogP contribution in [0.25, 0.3) is 0 Å². The smallest absolute Gasteiger partial charge is 0.285 e. The molecule has 1 unspecified atom stereocenters. The number of rotatable bonds is 4. The molecular weight excluding hydrogens is 238 g/mol. The van der Waals surface area contributed by atoms with Crippen LogP contribution in [-0.4, -0.2) is 35.4 Å². The molecule has 0 saturated heterocycles. The zero-order chi connectivity index (χ0) is 13.3. The molecule has 7 heteroatoms. The largest absolute Gasteiger partial charge is 0.368 e. The number of carbonyl (C=O) groups excluding carboxylic acids is 3. The molecule has 4 N–H and O–H groups in total. The highest BCUT2D eigenvalue weighted by atomic mass is 16.7. The number of carbonyl (C=O) groups is 3. The van der Waals surface area contributed by atoms with Gasteiger partial charge >= 0.3 is 0 Å². The number of nitrogens with zero attached hydrogens (tertiary/aromatic N) is 1. The maximum Gasteiger partial charge on any atom is 0.285 e. The Kier molecular flexibility index (Phi) is 3.09. The first-order valence-electron chi connectivity index (χ1n) is 5.18. The van der Waals surface area contributed by atoms with Crippen LogP contribution in [-0.2, 0) is 9.63 Å². The molecule has 1 aliphatic rings. The van der Waals surface area contributed by atoms with Crippen LogP contribution in [0.3, 0.4) is 0 Å². The number of imide groups is 1. The summed E-state index contributed by atoms with van der Waals surface area (Å²) in [6, 6.07) is 5.25. The van der Waals surface area contributed by atoms with Crippen LogP contribution >= 0.6 is 0 Å². The normalized spacial score (nSPS) is 15.7. The van der Waals surface area contributed by atoms with Crippen LogP contribution in [0.4, 0.5) is 0 Å². The lowest BCUT2D eigenvalue weighted by Gasteiger charge is -2.15. The van der Waals surface area contributed by atoms with Crippen molar-refractivity contribution < 1.29 is 19.2 Å². The fourth-order valence-corrected chi connectivity index (χ4v) is 1.52. The van der Waals surface area contributed by atoms with E-state index in [-0.39, 0.29) is 17.7 Å². The van der Waals surface area contributed by atoms with Gasteiger partial charge in [0.25, 0.3) is 11.8 Å². The molecule has 0 fully saturated rings. The van der Waals surface area contributed by atoms with Crippen molar-refractivity contribution in [1.29, 1.82) is 0 Å². The average molecular weight is 249 g/mol. The van der Waals surface area contributed by atoms with Crippen molar-refractivity contribution in [2.45, 2.75) is 6.04 Å². The van der Waals surface area contributed by atoms with Crippen molar-refractivity contribution in [3.05, 3.63) is 35.4 Å². The maximum absolute atomic E-state index is 11.8. The quantitative estimate of drug-likeness (QED) is 0.666. The van der Waals surface area contributed by atoms with E-state index in [1.165, 1.54) is 12.1 Å². The zero-order valence-electron chi connectivity index (χ0n) is 9.33. The van der Waals surface area contributed by atoms with Crippen LogP contribution in [0.15, 0.2) is 24.3 Å². The Balaban J connectivity index is 2.12. The molecule has 94 valence electrons. The van der Waals surface area contributed by atoms with Crippen molar-refractivity contribution in [2.75, 3.05) is 6.61 Å². The average Bonchev–Trinajstić information content (AvgIpc) is 2.60. The van der Waals surface area contributed by atoms with E-state index in [4.69, 9.17) is 16.3 Å². The van der Waals surface area contributed by atoms with Crippen molar-refractivity contribution >= 4 is 17.7 Å². The van der Waals surface area contributed by atoms with Gasteiger partial charge in [0.05, 0.1) is 17.7 Å². The van der Waals surface area contributed by atoms with Crippen LogP contribution < -0.4 is 11.5 Å². The van der Waals surface area contributed by atoms with Crippen molar-refractivity contribution in [1.82, 2.24) is 5.06 Å². The van der Waals surface area contributed by atoms with Gasteiger partial charge in [-0.3, -0.25) is 19.2 Å². The third-order valence-corrected chi connectivity index (χ3v) is 2.51. The standard InChI is InChI=1S/C11H11N3O4/c12-8(9(13)15)5-18-14-10(16)6-3-1-2-4-7(6)11(14)17/h1-4,8H,5,12H2,(H2,13,15). The number of hydrogen-bond donors (Lipinski definition) is 2. The second-order valence-electron chi connectivity index (χ2n) is 3.75. The SMILES string of the molecule is NC(=O)C(N)CON1C(=O)c2ccccc2C1=O. The molecule has 18 heavy (non-hydrogen) atoms. The molecule has 0 aliphatic carbocycles. The highest BCUT2D eigenvalue weighted by Gasteiger charge is 2.36. The van der Waals surface area contributed by atoms with Gasteiger partial charge in [0.2, 0.25) is 5.91 Å². The Hall–Kier alpha value is -2.25. The molecule has 0 radical (unpaired) electrons. The summed E-state index contributed by atoms with van der Waals surface area (Å²) in [5.41, 5.74) is 10.8. The molecule has 0 spiro atoms. The van der Waals surface area contributed by atoms with E-state index in [2.05, 4.69) is 0 Å². The minimum absolute atomic E-state index is 0.259. The summed E-state index contributed by atoms with van der Waals surface area (Å²) >= 11 is 0. The first-order chi connectivity index (χ1) is 8.52. The summed E-state index contributed by atoms with van der Waals surface area (Å²) in [7, 11) is 0. The van der Waals surface area contributed by atoms with Gasteiger partial charge in [-0.25, -0.2) is 0 Å². The summed E-state index contributed by atoms with van der Waals surface area (Å²) in [6.45, 7) is -0.333. The lowest BCUT2D eigenvalue weighted by Crippen LogP contribution is -2.43. The van der Waals surface area contributed by atoms with Gasteiger partial charge in [-0.1, -0.05) is 12.1 Å². The monoisotopic (exact) mass is 249 g/mol. The number of amides is 3. The Morgan fingerprint density at radius 3 is 2.17 bits per heavy atom. The molecule has 0 bridgehead atoms. The van der Waals surface area contributed by atoms with Gasteiger partial charge in [0.15, 0.2) is 0 Å². The predicted molar refractivity (Wildman–Crippen MR) is 60.1 cm³/mol. The first kappa shape index (κ1) is 12.2. The summed E-state index contributed by atoms with van der Waals surface area (Å²) in [5.74, 6) is -1.92. The number of fused-ring (bicyclic) bond motifs is 1. The van der Waals surface area contributed by atoms with Crippen LogP contribution in [0.2, 0.25) is 0 Å². The Bertz CT molecular complexity index is 494. The molecule has 3 amide bonds. The highest BCUT2D eigenvalue weighted by molar-refractivity contribution is 6.20. The van der Waals surface area contributed by atoms with Gasteiger partial charge in [-0.2, -0.15) is 0 Å². The van der Waals surface area contributed by atoms with E-state index in [9.17, 15) is 14.4 Å². The maximum atomic E-state index is 11.8. The Morgan fingerprint density at radius 2 is 1.72 bits per heavy atom. The van der Waals surface area contributed by atoms with E-state index in [0.717, 1.165) is 0 Å². The summed E-state index contributed by atoms with van der Waals surface area (Å²) in [5, 5.41) is 0.591. The second kappa shape index (κ2) is 4.55. The molecular formula is C11H11N3O4. The summed E-state index contributed by atoms with van der Waals surface area (Å²) < 4.78 is 0.